The third-order valence-electron chi connectivity index (χ3n) is 11.7. The van der Waals surface area contributed by atoms with Gasteiger partial charge in [-0.05, 0) is 75.6 Å². The average Bonchev–Trinajstić information content (AvgIpc) is 3.98. The molecule has 0 bridgehead atoms. The predicted molar refractivity (Wildman–Crippen MR) is 238 cm³/mol. The van der Waals surface area contributed by atoms with Crippen molar-refractivity contribution >= 4 is 87.4 Å². The Kier molecular flexibility index (Phi) is 6.63. The van der Waals surface area contributed by atoms with Crippen LogP contribution in [0, 0.1) is 0 Å². The van der Waals surface area contributed by atoms with E-state index in [4.69, 9.17) is 28.2 Å². The van der Waals surface area contributed by atoms with Crippen molar-refractivity contribution in [2.75, 3.05) is 0 Å². The minimum atomic E-state index is 0.552. The number of nitrogens with zero attached hydrogens (tertiary/aromatic N) is 3. The summed E-state index contributed by atoms with van der Waals surface area (Å²) in [7, 11) is 0. The van der Waals surface area contributed by atoms with Crippen LogP contribution in [0.15, 0.2) is 189 Å². The summed E-state index contributed by atoms with van der Waals surface area (Å²) in [4.78, 5) is 15.6. The molecule has 4 heterocycles. The number of benzene rings is 9. The van der Waals surface area contributed by atoms with Crippen molar-refractivity contribution in [1.82, 2.24) is 15.0 Å². The largest absolute Gasteiger partial charge is 0.456 e. The van der Waals surface area contributed by atoms with Crippen LogP contribution in [-0.4, -0.2) is 15.0 Å². The molecule has 59 heavy (non-hydrogen) atoms. The van der Waals surface area contributed by atoms with Crippen LogP contribution >= 0.6 is 0 Å². The molecule has 6 heteroatoms. The fraction of sp³-hybridized carbons (Fsp3) is 0. The Morgan fingerprint density at radius 1 is 0.288 bits per heavy atom. The number of rotatable bonds is 4. The summed E-state index contributed by atoms with van der Waals surface area (Å²) in [5, 5.41) is 10.7. The van der Waals surface area contributed by atoms with Crippen LogP contribution in [0.4, 0.5) is 0 Å². The van der Waals surface area contributed by atoms with Crippen molar-refractivity contribution in [1.29, 1.82) is 0 Å². The van der Waals surface area contributed by atoms with Gasteiger partial charge in [0.05, 0.1) is 0 Å². The van der Waals surface area contributed by atoms with E-state index in [-0.39, 0.29) is 0 Å². The van der Waals surface area contributed by atoms with Crippen molar-refractivity contribution in [3.8, 4) is 45.3 Å². The van der Waals surface area contributed by atoms with E-state index in [2.05, 4.69) is 133 Å². The van der Waals surface area contributed by atoms with Gasteiger partial charge < -0.3 is 13.3 Å². The fourth-order valence-corrected chi connectivity index (χ4v) is 8.93. The number of fused-ring (bicyclic) bond motifs is 11. The first-order chi connectivity index (χ1) is 29.2. The maximum atomic E-state index is 6.85. The van der Waals surface area contributed by atoms with Gasteiger partial charge in [-0.25, -0.2) is 15.0 Å². The molecule has 13 rings (SSSR count). The first-order valence-electron chi connectivity index (χ1n) is 19.7. The van der Waals surface area contributed by atoms with E-state index in [9.17, 15) is 0 Å². The Morgan fingerprint density at radius 3 is 1.68 bits per heavy atom. The number of furan rings is 3. The lowest BCUT2D eigenvalue weighted by atomic mass is 9.96. The molecule has 274 valence electrons. The summed E-state index contributed by atoms with van der Waals surface area (Å²) >= 11 is 0. The van der Waals surface area contributed by atoms with Gasteiger partial charge in [0.1, 0.15) is 33.5 Å². The number of para-hydroxylation sites is 2. The Hall–Kier alpha value is -8.09. The minimum Gasteiger partial charge on any atom is -0.456 e. The molecule has 0 atom stereocenters. The van der Waals surface area contributed by atoms with Crippen molar-refractivity contribution in [2.24, 2.45) is 0 Å². The first kappa shape index (κ1) is 32.0. The molecule has 0 amide bonds. The van der Waals surface area contributed by atoms with Gasteiger partial charge in [-0.15, -0.1) is 0 Å². The molecule has 9 aromatic carbocycles. The normalized spacial score (nSPS) is 12.1. The van der Waals surface area contributed by atoms with Crippen LogP contribution < -0.4 is 0 Å². The number of hydrogen-bond donors (Lipinski definition) is 0. The third-order valence-corrected chi connectivity index (χ3v) is 11.7. The van der Waals surface area contributed by atoms with E-state index in [1.807, 2.05) is 42.5 Å². The van der Waals surface area contributed by atoms with Gasteiger partial charge in [-0.2, -0.15) is 0 Å². The van der Waals surface area contributed by atoms with Gasteiger partial charge in [0.15, 0.2) is 17.5 Å². The van der Waals surface area contributed by atoms with Gasteiger partial charge in [0.2, 0.25) is 0 Å². The summed E-state index contributed by atoms with van der Waals surface area (Å²) in [6.45, 7) is 0. The Morgan fingerprint density at radius 2 is 0.831 bits per heavy atom. The Balaban J connectivity index is 1.03. The van der Waals surface area contributed by atoms with Gasteiger partial charge in [-0.3, -0.25) is 0 Å². The van der Waals surface area contributed by atoms with Crippen LogP contribution in [0.25, 0.3) is 133 Å². The lowest BCUT2D eigenvalue weighted by Crippen LogP contribution is -2.00. The molecule has 0 saturated heterocycles. The van der Waals surface area contributed by atoms with Crippen molar-refractivity contribution in [3.63, 3.8) is 0 Å². The molecule has 4 aromatic heterocycles. The zero-order chi connectivity index (χ0) is 38.6. The minimum absolute atomic E-state index is 0.552. The molecule has 0 fully saturated rings. The lowest BCUT2D eigenvalue weighted by Gasteiger charge is -2.10. The molecular weight excluding hydrogens is 727 g/mol. The van der Waals surface area contributed by atoms with Crippen LogP contribution in [0.3, 0.4) is 0 Å². The second-order valence-corrected chi connectivity index (χ2v) is 15.1. The number of aromatic nitrogens is 3. The molecule has 6 nitrogen and oxygen atoms in total. The SMILES string of the molecule is c1ccc2cc(-c3nc(-c4ccc5c(c4)oc4ccccc45)nc(-c4cccc5oc6c(-c7cccc8oc9cc%10ccccc%10cc9c78)cccc6c45)n3)ccc2c1. The molecule has 0 aliphatic heterocycles. The molecule has 0 aliphatic rings. The zero-order valence-electron chi connectivity index (χ0n) is 31.3. The molecule has 0 spiro atoms. The van der Waals surface area contributed by atoms with Crippen LogP contribution in [0.2, 0.25) is 0 Å². The molecule has 0 N–H and O–H groups in total. The highest BCUT2D eigenvalue weighted by Gasteiger charge is 2.22. The summed E-state index contributed by atoms with van der Waals surface area (Å²) in [6.07, 6.45) is 0. The topological polar surface area (TPSA) is 78.1 Å². The van der Waals surface area contributed by atoms with Crippen molar-refractivity contribution in [3.05, 3.63) is 176 Å². The average molecular weight is 756 g/mol. The molecule has 13 aromatic rings. The van der Waals surface area contributed by atoms with E-state index in [1.165, 1.54) is 5.39 Å². The third kappa shape index (κ3) is 4.90. The van der Waals surface area contributed by atoms with Gasteiger partial charge >= 0.3 is 0 Å². The van der Waals surface area contributed by atoms with Gasteiger partial charge in [0, 0.05) is 54.6 Å². The standard InChI is InChI=1S/C53H29N3O3/c1-2-11-31-26-34(23-22-30(31)10-1)51-54-52(35-24-25-37-36-14-5-6-19-43(36)57-46(37)29-35)56-53(55-51)41-18-9-21-45-49(41)40-17-7-16-39(50(40)59-45)38-15-8-20-44-48(38)42-27-32-12-3-4-13-33(32)28-47(42)58-44/h1-29H. The van der Waals surface area contributed by atoms with E-state index in [1.54, 1.807) is 0 Å². The highest BCUT2D eigenvalue weighted by atomic mass is 16.3. The Bertz CT molecular complexity index is 3870. The molecule has 0 saturated carbocycles. The summed E-state index contributed by atoms with van der Waals surface area (Å²) in [5.41, 5.74) is 9.48. The monoisotopic (exact) mass is 755 g/mol. The molecule has 0 radical (unpaired) electrons. The van der Waals surface area contributed by atoms with Crippen LogP contribution in [0.5, 0.6) is 0 Å². The van der Waals surface area contributed by atoms with E-state index >= 15 is 0 Å². The van der Waals surface area contributed by atoms with Crippen molar-refractivity contribution in [2.45, 2.75) is 0 Å². The summed E-state index contributed by atoms with van der Waals surface area (Å²) in [6, 6.07) is 60.4. The maximum Gasteiger partial charge on any atom is 0.164 e. The Labute approximate surface area is 335 Å². The molecular formula is C53H29N3O3. The van der Waals surface area contributed by atoms with Gasteiger partial charge in [-0.1, -0.05) is 127 Å². The highest BCUT2D eigenvalue weighted by molar-refractivity contribution is 6.20. The smallest absolute Gasteiger partial charge is 0.164 e. The first-order valence-corrected chi connectivity index (χ1v) is 19.7. The summed E-state index contributed by atoms with van der Waals surface area (Å²) < 4.78 is 19.6. The van der Waals surface area contributed by atoms with E-state index in [0.29, 0.717) is 17.5 Å². The van der Waals surface area contributed by atoms with E-state index in [0.717, 1.165) is 110 Å². The highest BCUT2D eigenvalue weighted by Crippen LogP contribution is 2.44. The number of hydrogen-bond acceptors (Lipinski definition) is 6. The van der Waals surface area contributed by atoms with Crippen LogP contribution in [-0.2, 0) is 0 Å². The lowest BCUT2D eigenvalue weighted by molar-refractivity contribution is 0.668. The zero-order valence-corrected chi connectivity index (χ0v) is 31.3. The quantitative estimate of drug-likeness (QED) is 0.178. The summed E-state index contributed by atoms with van der Waals surface area (Å²) in [5.74, 6) is 1.69. The molecule has 0 aliphatic carbocycles. The second kappa shape index (κ2) is 12.2. The second-order valence-electron chi connectivity index (χ2n) is 15.1. The molecule has 0 unspecified atom stereocenters. The predicted octanol–water partition coefficient (Wildman–Crippen LogP) is 14.5. The maximum absolute atomic E-state index is 6.85. The van der Waals surface area contributed by atoms with Crippen LogP contribution in [0.1, 0.15) is 0 Å². The van der Waals surface area contributed by atoms with Gasteiger partial charge in [0.25, 0.3) is 0 Å². The van der Waals surface area contributed by atoms with E-state index < -0.39 is 0 Å². The fourth-order valence-electron chi connectivity index (χ4n) is 8.93. The van der Waals surface area contributed by atoms with Crippen molar-refractivity contribution < 1.29 is 13.3 Å².